The summed E-state index contributed by atoms with van der Waals surface area (Å²) in [5, 5.41) is 21.4. The van der Waals surface area contributed by atoms with Gasteiger partial charge in [-0.05, 0) is 19.1 Å². The molecule has 0 saturated heterocycles. The molecule has 1 aromatic carbocycles. The summed E-state index contributed by atoms with van der Waals surface area (Å²) in [6, 6.07) is 2.82. The molecule has 1 unspecified atom stereocenters. The summed E-state index contributed by atoms with van der Waals surface area (Å²) in [6.45, 7) is 0.849. The molecule has 7 heteroatoms. The van der Waals surface area contributed by atoms with Crippen LogP contribution in [0.5, 0.6) is 5.75 Å². The Morgan fingerprint density at radius 3 is 2.37 bits per heavy atom. The van der Waals surface area contributed by atoms with Crippen molar-refractivity contribution in [1.29, 1.82) is 0 Å². The second-order valence-corrected chi connectivity index (χ2v) is 5.13. The molecule has 0 spiro atoms. The molecule has 1 atom stereocenters. The minimum absolute atomic E-state index is 0.0937. The maximum absolute atomic E-state index is 11.8. The number of aliphatic hydroxyl groups is 2. The van der Waals surface area contributed by atoms with Crippen LogP contribution in [-0.2, 0) is 0 Å². The van der Waals surface area contributed by atoms with E-state index < -0.39 is 18.1 Å². The highest BCUT2D eigenvalue weighted by Gasteiger charge is 2.21. The number of rotatable bonds is 5. The maximum atomic E-state index is 11.8. The predicted octanol–water partition coefficient (Wildman–Crippen LogP) is 1.48. The largest absolute Gasteiger partial charge is 0.494 e. The van der Waals surface area contributed by atoms with Crippen molar-refractivity contribution in [2.24, 2.45) is 0 Å². The Bertz CT molecular complexity index is 454. The van der Waals surface area contributed by atoms with Gasteiger partial charge in [0.25, 0.3) is 5.91 Å². The van der Waals surface area contributed by atoms with Crippen molar-refractivity contribution in [3.05, 3.63) is 27.7 Å². The van der Waals surface area contributed by atoms with Crippen LogP contribution in [0, 0.1) is 0 Å². The highest BCUT2D eigenvalue weighted by Crippen LogP contribution is 2.33. The molecule has 0 bridgehead atoms. The van der Waals surface area contributed by atoms with Crippen LogP contribution in [0.4, 0.5) is 0 Å². The third kappa shape index (κ3) is 4.24. The van der Waals surface area contributed by atoms with Gasteiger partial charge in [-0.2, -0.15) is 0 Å². The van der Waals surface area contributed by atoms with Gasteiger partial charge in [0.1, 0.15) is 5.60 Å². The van der Waals surface area contributed by atoms with E-state index in [1.54, 1.807) is 0 Å². The fraction of sp³-hybridized carbons (Fsp3) is 0.417. The molecule has 0 aliphatic carbocycles. The molecule has 106 valence electrons. The number of hydrogen-bond donors (Lipinski definition) is 3. The van der Waals surface area contributed by atoms with Crippen molar-refractivity contribution >= 4 is 29.1 Å². The van der Waals surface area contributed by atoms with E-state index in [2.05, 4.69) is 5.32 Å². The van der Waals surface area contributed by atoms with Crippen LogP contribution in [0.1, 0.15) is 17.3 Å². The summed E-state index contributed by atoms with van der Waals surface area (Å²) in [6.07, 6.45) is 0. The number of nitrogens with one attached hydrogen (secondary N) is 1. The fourth-order valence-corrected chi connectivity index (χ4v) is 1.96. The number of halogens is 2. The Hall–Kier alpha value is -1.01. The van der Waals surface area contributed by atoms with Crippen molar-refractivity contribution in [3.8, 4) is 5.75 Å². The molecule has 0 fully saturated rings. The molecule has 1 rings (SSSR count). The molecular formula is C12H15Cl2NO4. The Labute approximate surface area is 121 Å². The minimum Gasteiger partial charge on any atom is -0.494 e. The van der Waals surface area contributed by atoms with Crippen molar-refractivity contribution in [1.82, 2.24) is 5.32 Å². The molecule has 0 saturated carbocycles. The number of ether oxygens (including phenoxy) is 1. The number of methoxy groups -OCH3 is 1. The zero-order valence-corrected chi connectivity index (χ0v) is 12.0. The number of hydrogen-bond acceptors (Lipinski definition) is 4. The predicted molar refractivity (Wildman–Crippen MR) is 73.1 cm³/mol. The molecular weight excluding hydrogens is 293 g/mol. The van der Waals surface area contributed by atoms with Gasteiger partial charge >= 0.3 is 0 Å². The van der Waals surface area contributed by atoms with E-state index in [1.165, 1.54) is 26.2 Å². The zero-order valence-electron chi connectivity index (χ0n) is 10.5. The molecule has 3 N–H and O–H groups in total. The van der Waals surface area contributed by atoms with E-state index in [-0.39, 0.29) is 22.2 Å². The van der Waals surface area contributed by atoms with Crippen LogP contribution in [-0.4, -0.2) is 42.0 Å². The van der Waals surface area contributed by atoms with Gasteiger partial charge in [0.2, 0.25) is 0 Å². The Morgan fingerprint density at radius 2 is 1.95 bits per heavy atom. The summed E-state index contributed by atoms with van der Waals surface area (Å²) in [5.74, 6) is -0.164. The van der Waals surface area contributed by atoms with Gasteiger partial charge in [0.15, 0.2) is 5.75 Å². The van der Waals surface area contributed by atoms with Crippen molar-refractivity contribution in [3.63, 3.8) is 0 Å². The van der Waals surface area contributed by atoms with Gasteiger partial charge in [-0.1, -0.05) is 23.2 Å². The standard InChI is InChI=1S/C12H15Cl2NO4/c1-12(18,6-16)5-15-11(17)7-3-8(13)10(19-2)9(14)4-7/h3-4,16,18H,5-6H2,1-2H3,(H,15,17). The van der Waals surface area contributed by atoms with E-state index in [9.17, 15) is 9.90 Å². The smallest absolute Gasteiger partial charge is 0.251 e. The Morgan fingerprint density at radius 1 is 1.42 bits per heavy atom. The second kappa shape index (κ2) is 6.43. The molecule has 19 heavy (non-hydrogen) atoms. The van der Waals surface area contributed by atoms with Gasteiger partial charge in [-0.25, -0.2) is 0 Å². The normalized spacial score (nSPS) is 13.8. The lowest BCUT2D eigenvalue weighted by molar-refractivity contribution is 0.00320. The maximum Gasteiger partial charge on any atom is 0.251 e. The highest BCUT2D eigenvalue weighted by molar-refractivity contribution is 6.37. The molecule has 0 aliphatic heterocycles. The quantitative estimate of drug-likeness (QED) is 0.770. The van der Waals surface area contributed by atoms with Crippen LogP contribution >= 0.6 is 23.2 Å². The topological polar surface area (TPSA) is 78.8 Å². The number of amides is 1. The zero-order chi connectivity index (χ0) is 14.6. The van der Waals surface area contributed by atoms with Crippen LogP contribution < -0.4 is 10.1 Å². The molecule has 0 aromatic heterocycles. The fourth-order valence-electron chi connectivity index (χ4n) is 1.31. The van der Waals surface area contributed by atoms with Gasteiger partial charge in [0.05, 0.1) is 23.8 Å². The first kappa shape index (κ1) is 16.0. The van der Waals surface area contributed by atoms with Crippen molar-refractivity contribution in [2.45, 2.75) is 12.5 Å². The number of aliphatic hydroxyl groups excluding tert-OH is 1. The number of benzene rings is 1. The second-order valence-electron chi connectivity index (χ2n) is 4.31. The highest BCUT2D eigenvalue weighted by atomic mass is 35.5. The van der Waals surface area contributed by atoms with Crippen LogP contribution in [0.2, 0.25) is 10.0 Å². The van der Waals surface area contributed by atoms with E-state index in [1.807, 2.05) is 0 Å². The number of carbonyl (C=O) groups excluding carboxylic acids is 1. The summed E-state index contributed by atoms with van der Waals surface area (Å²) in [4.78, 5) is 11.8. The average molecular weight is 308 g/mol. The summed E-state index contributed by atoms with van der Waals surface area (Å²) >= 11 is 11.8. The Kier molecular flexibility index (Phi) is 5.43. The first-order chi connectivity index (χ1) is 8.80. The third-order valence-corrected chi connectivity index (χ3v) is 3.00. The van der Waals surface area contributed by atoms with E-state index in [0.717, 1.165) is 0 Å². The summed E-state index contributed by atoms with van der Waals surface area (Å²) in [5.41, 5.74) is -1.14. The minimum atomic E-state index is -1.38. The summed E-state index contributed by atoms with van der Waals surface area (Å²) < 4.78 is 4.97. The third-order valence-electron chi connectivity index (χ3n) is 2.44. The first-order valence-electron chi connectivity index (χ1n) is 5.45. The van der Waals surface area contributed by atoms with Crippen LogP contribution in [0.25, 0.3) is 0 Å². The molecule has 5 nitrogen and oxygen atoms in total. The lowest BCUT2D eigenvalue weighted by atomic mass is 10.1. The molecule has 1 amide bonds. The Balaban J connectivity index is 2.84. The van der Waals surface area contributed by atoms with Gasteiger partial charge in [0, 0.05) is 12.1 Å². The number of carbonyl (C=O) groups is 1. The van der Waals surface area contributed by atoms with E-state index >= 15 is 0 Å². The van der Waals surface area contributed by atoms with Gasteiger partial charge in [-0.15, -0.1) is 0 Å². The lowest BCUT2D eigenvalue weighted by Gasteiger charge is -2.20. The van der Waals surface area contributed by atoms with Crippen LogP contribution in [0.3, 0.4) is 0 Å². The summed E-state index contributed by atoms with van der Waals surface area (Å²) in [7, 11) is 1.42. The van der Waals surface area contributed by atoms with E-state index in [0.29, 0.717) is 5.75 Å². The van der Waals surface area contributed by atoms with Gasteiger partial charge in [-0.3, -0.25) is 4.79 Å². The van der Waals surface area contributed by atoms with Crippen LogP contribution in [0.15, 0.2) is 12.1 Å². The first-order valence-corrected chi connectivity index (χ1v) is 6.21. The van der Waals surface area contributed by atoms with Crippen molar-refractivity contribution in [2.75, 3.05) is 20.3 Å². The average Bonchev–Trinajstić information content (AvgIpc) is 2.35. The van der Waals surface area contributed by atoms with Gasteiger partial charge < -0.3 is 20.3 Å². The SMILES string of the molecule is COc1c(Cl)cc(C(=O)NCC(C)(O)CO)cc1Cl. The molecule has 0 radical (unpaired) electrons. The lowest BCUT2D eigenvalue weighted by Crippen LogP contribution is -2.43. The molecule has 0 heterocycles. The molecule has 1 aromatic rings. The molecule has 0 aliphatic rings. The van der Waals surface area contributed by atoms with E-state index in [4.69, 9.17) is 33.0 Å². The monoisotopic (exact) mass is 307 g/mol. The van der Waals surface area contributed by atoms with Crippen molar-refractivity contribution < 1.29 is 19.7 Å².